The van der Waals surface area contributed by atoms with Gasteiger partial charge in [-0.05, 0) is 43.4 Å². The molecule has 0 aromatic heterocycles. The molecule has 1 saturated heterocycles. The zero-order valence-electron chi connectivity index (χ0n) is 12.1. The Morgan fingerprint density at radius 3 is 2.95 bits per heavy atom. The molecular weight excluding hydrogens is 234 g/mol. The van der Waals surface area contributed by atoms with E-state index in [1.54, 1.807) is 0 Å². The second-order valence-corrected chi connectivity index (χ2v) is 6.24. The lowest BCUT2D eigenvalue weighted by Crippen LogP contribution is -2.44. The summed E-state index contributed by atoms with van der Waals surface area (Å²) in [6, 6.07) is 8.00. The van der Waals surface area contributed by atoms with Crippen molar-refractivity contribution in [2.24, 2.45) is 5.73 Å². The van der Waals surface area contributed by atoms with Crippen LogP contribution in [0.1, 0.15) is 30.9 Å². The van der Waals surface area contributed by atoms with Crippen LogP contribution in [-0.4, -0.2) is 37.1 Å². The van der Waals surface area contributed by atoms with Crippen LogP contribution in [0.3, 0.4) is 0 Å². The number of rotatable bonds is 2. The third kappa shape index (κ3) is 2.63. The minimum absolute atomic E-state index is 0.403. The fourth-order valence-electron chi connectivity index (χ4n) is 3.44. The van der Waals surface area contributed by atoms with Crippen LogP contribution >= 0.6 is 0 Å². The zero-order chi connectivity index (χ0) is 13.4. The smallest absolute Gasteiger partial charge is 0.0397 e. The third-order valence-electron chi connectivity index (χ3n) is 4.71. The van der Waals surface area contributed by atoms with Crippen molar-refractivity contribution in [3.05, 3.63) is 29.3 Å². The van der Waals surface area contributed by atoms with Crippen LogP contribution in [0.4, 0.5) is 5.69 Å². The molecule has 2 aliphatic heterocycles. The summed E-state index contributed by atoms with van der Waals surface area (Å²) >= 11 is 0. The molecular formula is C16H25N3. The zero-order valence-corrected chi connectivity index (χ0v) is 12.1. The van der Waals surface area contributed by atoms with Crippen molar-refractivity contribution in [3.8, 4) is 0 Å². The molecule has 0 bridgehead atoms. The lowest BCUT2D eigenvalue weighted by atomic mass is 9.98. The van der Waals surface area contributed by atoms with Gasteiger partial charge in [-0.3, -0.25) is 4.90 Å². The molecule has 3 nitrogen and oxygen atoms in total. The molecule has 2 unspecified atom stereocenters. The third-order valence-corrected chi connectivity index (χ3v) is 4.71. The van der Waals surface area contributed by atoms with E-state index in [1.807, 2.05) is 0 Å². The van der Waals surface area contributed by atoms with E-state index in [9.17, 15) is 0 Å². The first-order chi connectivity index (χ1) is 9.13. The SMILES string of the molecule is CC1CC(N)CCN1Cc1ccc2c(c1)CCN2C. The number of hydrogen-bond donors (Lipinski definition) is 1. The summed E-state index contributed by atoms with van der Waals surface area (Å²) in [5.41, 5.74) is 10.4. The Morgan fingerprint density at radius 1 is 1.32 bits per heavy atom. The van der Waals surface area contributed by atoms with Crippen LogP contribution in [0.5, 0.6) is 0 Å². The Morgan fingerprint density at radius 2 is 2.16 bits per heavy atom. The summed E-state index contributed by atoms with van der Waals surface area (Å²) in [6.45, 7) is 5.68. The Kier molecular flexibility index (Phi) is 3.50. The van der Waals surface area contributed by atoms with Gasteiger partial charge < -0.3 is 10.6 Å². The molecule has 1 aromatic carbocycles. The molecule has 2 atom stereocenters. The second kappa shape index (κ2) is 5.14. The molecule has 2 N–H and O–H groups in total. The topological polar surface area (TPSA) is 32.5 Å². The highest BCUT2D eigenvalue weighted by Gasteiger charge is 2.23. The number of likely N-dealkylation sites (N-methyl/N-ethyl adjacent to an activating group) is 1. The van der Waals surface area contributed by atoms with Gasteiger partial charge in [0.15, 0.2) is 0 Å². The van der Waals surface area contributed by atoms with E-state index in [-0.39, 0.29) is 0 Å². The van der Waals surface area contributed by atoms with Crippen molar-refractivity contribution in [3.63, 3.8) is 0 Å². The molecule has 0 saturated carbocycles. The minimum Gasteiger partial charge on any atom is -0.374 e. The first-order valence-electron chi connectivity index (χ1n) is 7.46. The molecule has 3 rings (SSSR count). The first kappa shape index (κ1) is 12.9. The highest BCUT2D eigenvalue weighted by atomic mass is 15.2. The van der Waals surface area contributed by atoms with Crippen LogP contribution in [0, 0.1) is 0 Å². The summed E-state index contributed by atoms with van der Waals surface area (Å²) in [4.78, 5) is 4.92. The summed E-state index contributed by atoms with van der Waals surface area (Å²) in [7, 11) is 2.18. The molecule has 0 aliphatic carbocycles. The lowest BCUT2D eigenvalue weighted by Gasteiger charge is -2.36. The van der Waals surface area contributed by atoms with Gasteiger partial charge in [-0.15, -0.1) is 0 Å². The van der Waals surface area contributed by atoms with Gasteiger partial charge in [-0.25, -0.2) is 0 Å². The van der Waals surface area contributed by atoms with Gasteiger partial charge in [0, 0.05) is 44.5 Å². The standard InChI is InChI=1S/C16H25N3/c1-12-9-15(17)6-8-19(12)11-13-3-4-16-14(10-13)5-7-18(16)2/h3-4,10,12,15H,5-9,11,17H2,1-2H3. The van der Waals surface area contributed by atoms with Crippen molar-refractivity contribution in [1.29, 1.82) is 0 Å². The van der Waals surface area contributed by atoms with Crippen molar-refractivity contribution in [1.82, 2.24) is 4.90 Å². The maximum Gasteiger partial charge on any atom is 0.0397 e. The predicted octanol–water partition coefficient (Wildman–Crippen LogP) is 1.99. The summed E-state index contributed by atoms with van der Waals surface area (Å²) in [6.07, 6.45) is 3.46. The maximum atomic E-state index is 6.04. The highest BCUT2D eigenvalue weighted by molar-refractivity contribution is 5.58. The van der Waals surface area contributed by atoms with Gasteiger partial charge in [-0.1, -0.05) is 12.1 Å². The summed E-state index contributed by atoms with van der Waals surface area (Å²) < 4.78 is 0. The lowest BCUT2D eigenvalue weighted by molar-refractivity contribution is 0.140. The van der Waals surface area contributed by atoms with Gasteiger partial charge in [-0.2, -0.15) is 0 Å². The number of benzene rings is 1. The molecule has 1 aromatic rings. The van der Waals surface area contributed by atoms with Gasteiger partial charge >= 0.3 is 0 Å². The van der Waals surface area contributed by atoms with E-state index in [1.165, 1.54) is 23.2 Å². The largest absolute Gasteiger partial charge is 0.374 e. The van der Waals surface area contributed by atoms with E-state index in [0.29, 0.717) is 12.1 Å². The van der Waals surface area contributed by atoms with E-state index >= 15 is 0 Å². The fraction of sp³-hybridized carbons (Fsp3) is 0.625. The van der Waals surface area contributed by atoms with E-state index in [2.05, 4.69) is 42.0 Å². The van der Waals surface area contributed by atoms with Crippen LogP contribution in [0.25, 0.3) is 0 Å². The van der Waals surface area contributed by atoms with Gasteiger partial charge in [0.2, 0.25) is 0 Å². The van der Waals surface area contributed by atoms with E-state index < -0.39 is 0 Å². The number of hydrogen-bond acceptors (Lipinski definition) is 3. The summed E-state index contributed by atoms with van der Waals surface area (Å²) in [5.74, 6) is 0. The fourth-order valence-corrected chi connectivity index (χ4v) is 3.44. The van der Waals surface area contributed by atoms with Crippen LogP contribution < -0.4 is 10.6 Å². The van der Waals surface area contributed by atoms with Gasteiger partial charge in [0.1, 0.15) is 0 Å². The second-order valence-electron chi connectivity index (χ2n) is 6.24. The van der Waals surface area contributed by atoms with Crippen LogP contribution in [0.15, 0.2) is 18.2 Å². The number of likely N-dealkylation sites (tertiary alicyclic amines) is 1. The number of anilines is 1. The van der Waals surface area contributed by atoms with Crippen LogP contribution in [0.2, 0.25) is 0 Å². The molecule has 0 amide bonds. The van der Waals surface area contributed by atoms with Crippen LogP contribution in [-0.2, 0) is 13.0 Å². The predicted molar refractivity (Wildman–Crippen MR) is 80.5 cm³/mol. The van der Waals surface area contributed by atoms with Crippen molar-refractivity contribution < 1.29 is 0 Å². The molecule has 1 fully saturated rings. The molecule has 0 spiro atoms. The monoisotopic (exact) mass is 259 g/mol. The average molecular weight is 259 g/mol. The number of piperidine rings is 1. The maximum absolute atomic E-state index is 6.04. The minimum atomic E-state index is 0.403. The number of nitrogens with two attached hydrogens (primary N) is 1. The molecule has 19 heavy (non-hydrogen) atoms. The molecule has 104 valence electrons. The molecule has 0 radical (unpaired) electrons. The number of fused-ring (bicyclic) bond motifs is 1. The van der Waals surface area contributed by atoms with E-state index in [4.69, 9.17) is 5.73 Å². The molecule has 3 heteroatoms. The quantitative estimate of drug-likeness (QED) is 0.881. The highest BCUT2D eigenvalue weighted by Crippen LogP contribution is 2.28. The molecule has 2 aliphatic rings. The number of nitrogens with zero attached hydrogens (tertiary/aromatic N) is 2. The van der Waals surface area contributed by atoms with E-state index in [0.717, 1.165) is 32.5 Å². The Hall–Kier alpha value is -1.06. The van der Waals surface area contributed by atoms with Gasteiger partial charge in [0.25, 0.3) is 0 Å². The van der Waals surface area contributed by atoms with Gasteiger partial charge in [0.05, 0.1) is 0 Å². The Bertz CT molecular complexity index is 457. The van der Waals surface area contributed by atoms with Crippen molar-refractivity contribution in [2.45, 2.75) is 44.8 Å². The average Bonchev–Trinajstić information content (AvgIpc) is 2.74. The Labute approximate surface area is 116 Å². The first-order valence-corrected chi connectivity index (χ1v) is 7.46. The Balaban J connectivity index is 1.70. The summed E-state index contributed by atoms with van der Waals surface area (Å²) in [5, 5.41) is 0. The van der Waals surface area contributed by atoms with Crippen molar-refractivity contribution >= 4 is 5.69 Å². The molecule has 2 heterocycles. The van der Waals surface area contributed by atoms with Crippen molar-refractivity contribution in [2.75, 3.05) is 25.0 Å². The normalized spacial score (nSPS) is 27.6.